The fourth-order valence-electron chi connectivity index (χ4n) is 13.8. The minimum Gasteiger partial charge on any atom is -0.507 e. The number of anilines is 6. The highest BCUT2D eigenvalue weighted by molar-refractivity contribution is 6.37. The molecule has 12 rings (SSSR count). The highest BCUT2D eigenvalue weighted by Gasteiger charge is 2.29. The predicted molar refractivity (Wildman–Crippen MR) is 364 cm³/mol. The molecule has 0 fully saturated rings. The second-order valence-electron chi connectivity index (χ2n) is 24.4. The van der Waals surface area contributed by atoms with Crippen molar-refractivity contribution in [2.24, 2.45) is 0 Å². The lowest BCUT2D eigenvalue weighted by molar-refractivity contribution is 0.451. The number of benzene rings is 12. The van der Waals surface area contributed by atoms with E-state index in [0.717, 1.165) is 133 Å². The number of halogens is 2. The van der Waals surface area contributed by atoms with Gasteiger partial charge in [0.05, 0.1) is 11.4 Å². The third kappa shape index (κ3) is 9.05. The Morgan fingerprint density at radius 3 is 1.02 bits per heavy atom. The van der Waals surface area contributed by atoms with Gasteiger partial charge in [0.15, 0.2) is 0 Å². The van der Waals surface area contributed by atoms with E-state index in [0.29, 0.717) is 61.7 Å². The summed E-state index contributed by atoms with van der Waals surface area (Å²) in [6, 6.07) is 42.0. The Morgan fingerprint density at radius 2 is 0.614 bits per heavy atom. The molecule has 0 spiro atoms. The van der Waals surface area contributed by atoms with Gasteiger partial charge in [-0.15, -0.1) is 0 Å². The van der Waals surface area contributed by atoms with Crippen LogP contribution in [0.25, 0.3) is 76.8 Å². The summed E-state index contributed by atoms with van der Waals surface area (Å²) < 4.78 is 32.1. The lowest BCUT2D eigenvalue weighted by atomic mass is 9.78. The second kappa shape index (κ2) is 21.6. The van der Waals surface area contributed by atoms with Crippen LogP contribution in [0.15, 0.2) is 133 Å². The normalized spacial score (nSPS) is 11.7. The number of hydrogen-bond donors (Lipinski definition) is 5. The zero-order chi connectivity index (χ0) is 63.0. The van der Waals surface area contributed by atoms with Crippen LogP contribution in [0.1, 0.15) is 77.9 Å². The zero-order valence-electron chi connectivity index (χ0n) is 52.6. The molecule has 0 aliphatic carbocycles. The van der Waals surface area contributed by atoms with Crippen molar-refractivity contribution in [1.29, 1.82) is 0 Å². The molecule has 0 saturated carbocycles. The molecular formula is C78H71BF2N2O5. The fourth-order valence-corrected chi connectivity index (χ4v) is 13.8. The number of phenolic OH excluding ortho intramolecular Hbond substituents is 5. The monoisotopic (exact) mass is 1160 g/mol. The second-order valence-corrected chi connectivity index (χ2v) is 24.4. The highest BCUT2D eigenvalue weighted by Crippen LogP contribution is 2.53. The van der Waals surface area contributed by atoms with Crippen molar-refractivity contribution >= 4 is 79.8 Å². The van der Waals surface area contributed by atoms with Gasteiger partial charge in [-0.1, -0.05) is 54.0 Å². The molecule has 0 aromatic heterocycles. The smallest absolute Gasteiger partial charge is 0.140 e. The summed E-state index contributed by atoms with van der Waals surface area (Å²) in [6.07, 6.45) is 0. The lowest BCUT2D eigenvalue weighted by Crippen LogP contribution is -2.16. The van der Waals surface area contributed by atoms with E-state index >= 15 is 8.78 Å². The van der Waals surface area contributed by atoms with E-state index in [4.69, 9.17) is 0 Å². The van der Waals surface area contributed by atoms with Crippen molar-refractivity contribution < 1.29 is 34.3 Å². The van der Waals surface area contributed by atoms with Gasteiger partial charge >= 0.3 is 0 Å². The molecule has 12 aromatic rings. The average Bonchev–Trinajstić information content (AvgIpc) is 0.783. The molecule has 0 aliphatic heterocycles. The predicted octanol–water partition coefficient (Wildman–Crippen LogP) is 19.6. The molecule has 0 radical (unpaired) electrons. The summed E-state index contributed by atoms with van der Waals surface area (Å²) in [4.78, 5) is 4.11. The molecule has 0 bridgehead atoms. The average molecular weight is 1170 g/mol. The van der Waals surface area contributed by atoms with Crippen LogP contribution in [-0.2, 0) is 0 Å². The molecule has 0 heterocycles. The Balaban J connectivity index is 1.16. The molecule has 5 N–H and O–H groups in total. The Labute approximate surface area is 514 Å². The molecule has 88 heavy (non-hydrogen) atoms. The van der Waals surface area contributed by atoms with Gasteiger partial charge < -0.3 is 35.3 Å². The van der Waals surface area contributed by atoms with E-state index in [9.17, 15) is 25.5 Å². The van der Waals surface area contributed by atoms with E-state index < -0.39 is 11.6 Å². The zero-order valence-corrected chi connectivity index (χ0v) is 52.6. The van der Waals surface area contributed by atoms with E-state index in [1.807, 2.05) is 118 Å². The molecule has 10 heteroatoms. The first-order valence-corrected chi connectivity index (χ1v) is 29.8. The molecule has 12 aromatic carbocycles. The highest BCUT2D eigenvalue weighted by atomic mass is 19.1. The standard InChI is InChI=1S/C78H71BF2N2O5/c1-37-39(3)44(8)76(86)68(41(37)5)54-30-55(69-42(6)38(2)40(4)45(9)77(69)87)33-62(32-54)83(60-20-16-18-58(81)36-60)66-28-24-52-21-25-63-65(27-23-51-22-26-64(66)72(52)71(51)63)82(59-19-15-17-57(80)35-59)61-31-53(67-43(7)46(10)75(85)50(14)73(67)79)29-56(34-61)70-49(13)74(84)47(11)48(12)78(70)88/h15-36,84-88H,79H2,1-14H3. The van der Waals surface area contributed by atoms with Crippen molar-refractivity contribution in [3.63, 3.8) is 0 Å². The Kier molecular flexibility index (Phi) is 14.4. The van der Waals surface area contributed by atoms with Crippen LogP contribution in [0.4, 0.5) is 42.9 Å². The lowest BCUT2D eigenvalue weighted by Gasteiger charge is -2.31. The van der Waals surface area contributed by atoms with E-state index in [1.54, 1.807) is 32.9 Å². The first kappa shape index (κ1) is 58.6. The maximum Gasteiger partial charge on any atom is 0.140 e. The van der Waals surface area contributed by atoms with Crippen LogP contribution >= 0.6 is 0 Å². The van der Waals surface area contributed by atoms with Crippen LogP contribution < -0.4 is 15.3 Å². The van der Waals surface area contributed by atoms with Crippen molar-refractivity contribution in [1.82, 2.24) is 0 Å². The minimum atomic E-state index is -0.439. The number of rotatable bonds is 10. The molecule has 440 valence electrons. The van der Waals surface area contributed by atoms with Crippen LogP contribution in [0.5, 0.6) is 28.7 Å². The Bertz CT molecular complexity index is 4370. The number of nitrogens with zero attached hydrogens (tertiary/aromatic N) is 2. The van der Waals surface area contributed by atoms with Gasteiger partial charge in [-0.2, -0.15) is 0 Å². The number of aromatic hydroxyl groups is 5. The van der Waals surface area contributed by atoms with Crippen LogP contribution in [-0.4, -0.2) is 33.4 Å². The number of phenols is 5. The summed E-state index contributed by atoms with van der Waals surface area (Å²) in [6.45, 7) is 27.3. The first-order valence-electron chi connectivity index (χ1n) is 29.8. The molecule has 0 amide bonds. The van der Waals surface area contributed by atoms with Gasteiger partial charge in [-0.25, -0.2) is 8.78 Å². The summed E-state index contributed by atoms with van der Waals surface area (Å²) in [5, 5.41) is 65.0. The molecule has 0 aliphatic rings. The molecule has 0 saturated heterocycles. The van der Waals surface area contributed by atoms with Gasteiger partial charge in [0, 0.05) is 55.8 Å². The minimum absolute atomic E-state index is 0.0377. The maximum absolute atomic E-state index is 16.0. The topological polar surface area (TPSA) is 108 Å². The molecule has 7 nitrogen and oxygen atoms in total. The van der Waals surface area contributed by atoms with Crippen molar-refractivity contribution in [3.05, 3.63) is 223 Å². The molecule has 0 unspecified atom stereocenters. The third-order valence-electron chi connectivity index (χ3n) is 19.9. The maximum atomic E-state index is 16.0. The van der Waals surface area contributed by atoms with Crippen LogP contribution in [0.3, 0.4) is 0 Å². The summed E-state index contributed by atoms with van der Waals surface area (Å²) in [5.74, 6) is -0.190. The van der Waals surface area contributed by atoms with Crippen molar-refractivity contribution in [2.75, 3.05) is 9.80 Å². The van der Waals surface area contributed by atoms with E-state index in [-0.39, 0.29) is 28.7 Å². The first-order chi connectivity index (χ1) is 41.8. The van der Waals surface area contributed by atoms with Gasteiger partial charge in [-0.05, 0) is 304 Å². The fraction of sp³-hybridized carbons (Fsp3) is 0.179. The Hall–Kier alpha value is -9.80. The van der Waals surface area contributed by atoms with Crippen molar-refractivity contribution in [3.8, 4) is 73.3 Å². The third-order valence-corrected chi connectivity index (χ3v) is 19.9. The van der Waals surface area contributed by atoms with E-state index in [2.05, 4.69) is 73.3 Å². The van der Waals surface area contributed by atoms with Crippen molar-refractivity contribution in [2.45, 2.75) is 96.9 Å². The Morgan fingerprint density at radius 1 is 0.295 bits per heavy atom. The summed E-state index contributed by atoms with van der Waals surface area (Å²) in [5.41, 5.74) is 21.7. The number of hydrogen-bond acceptors (Lipinski definition) is 7. The van der Waals surface area contributed by atoms with Gasteiger partial charge in [0.25, 0.3) is 0 Å². The SMILES string of the molecule is Bc1c(C)c(O)c(C)c(C)c1-c1cc(-c2c(C)c(O)c(C)c(C)c2O)cc(N(c2cccc(F)c2)c2ccc3ccc4c(N(c5cccc(F)c5)c5cc(-c6c(C)c(C)c(C)c(C)c6O)cc(-c6c(C)c(C)c(C)c(C)c6O)c5)ccc5ccc2c3c54)c1. The summed E-state index contributed by atoms with van der Waals surface area (Å²) >= 11 is 0. The summed E-state index contributed by atoms with van der Waals surface area (Å²) in [7, 11) is 1.99. The molecule has 0 atom stereocenters. The van der Waals surface area contributed by atoms with Crippen LogP contribution in [0, 0.1) is 109 Å². The van der Waals surface area contributed by atoms with Gasteiger partial charge in [0.2, 0.25) is 0 Å². The quantitative estimate of drug-likeness (QED) is 0.0527. The van der Waals surface area contributed by atoms with Gasteiger partial charge in [-0.3, -0.25) is 0 Å². The largest absolute Gasteiger partial charge is 0.507 e. The van der Waals surface area contributed by atoms with Crippen LogP contribution in [0.2, 0.25) is 0 Å². The molecular weight excluding hydrogens is 1090 g/mol. The van der Waals surface area contributed by atoms with E-state index in [1.165, 1.54) is 24.3 Å². The van der Waals surface area contributed by atoms with Gasteiger partial charge in [0.1, 0.15) is 48.2 Å².